The molecule has 2 rings (SSSR count). The number of hydrogen-bond acceptors (Lipinski definition) is 7. The molecule has 2 amide bonds. The minimum Gasteiger partial charge on any atom is -0.490 e. The van der Waals surface area contributed by atoms with Crippen molar-refractivity contribution < 1.29 is 33.3 Å². The van der Waals surface area contributed by atoms with Crippen molar-refractivity contribution in [2.45, 2.75) is 79.0 Å². The Kier molecular flexibility index (Phi) is 10.5. The summed E-state index contributed by atoms with van der Waals surface area (Å²) in [6.45, 7) is 11.9. The van der Waals surface area contributed by atoms with Crippen LogP contribution in [0.4, 0.5) is 0 Å². The quantitative estimate of drug-likeness (QED) is 0.487. The second-order valence-electron chi connectivity index (χ2n) is 8.29. The molecule has 0 aliphatic carbocycles. The average molecular weight is 479 g/mol. The van der Waals surface area contributed by atoms with E-state index in [9.17, 15) is 14.4 Å². The van der Waals surface area contributed by atoms with Gasteiger partial charge in [-0.1, -0.05) is 0 Å². The highest BCUT2D eigenvalue weighted by atomic mass is 16.6. The molecule has 9 heteroatoms. The summed E-state index contributed by atoms with van der Waals surface area (Å²) in [5, 5.41) is 2.54. The molecule has 1 aliphatic rings. The summed E-state index contributed by atoms with van der Waals surface area (Å²) < 4.78 is 22.2. The number of ether oxygens (including phenoxy) is 4. The van der Waals surface area contributed by atoms with Gasteiger partial charge in [0.25, 0.3) is 11.8 Å². The largest absolute Gasteiger partial charge is 0.490 e. The molecule has 1 aromatic carbocycles. The van der Waals surface area contributed by atoms with Gasteiger partial charge in [-0.05, 0) is 72.9 Å². The summed E-state index contributed by atoms with van der Waals surface area (Å²) in [6, 6.07) is 3.30. The van der Waals surface area contributed by atoms with Gasteiger partial charge in [-0.3, -0.25) is 14.4 Å². The Hall–Kier alpha value is -2.97. The molecular formula is C25H38N2O7. The first-order valence-corrected chi connectivity index (χ1v) is 12.1. The zero-order valence-corrected chi connectivity index (χ0v) is 21.1. The van der Waals surface area contributed by atoms with E-state index in [1.165, 1.54) is 0 Å². The van der Waals surface area contributed by atoms with Crippen molar-refractivity contribution >= 4 is 17.8 Å². The minimum atomic E-state index is -0.924. The van der Waals surface area contributed by atoms with E-state index in [2.05, 4.69) is 5.32 Å². The van der Waals surface area contributed by atoms with Crippen LogP contribution in [-0.2, 0) is 14.3 Å². The number of carbonyl (C=O) groups excluding carboxylic acids is 3. The Labute approximate surface area is 202 Å². The number of nitrogens with zero attached hydrogens (tertiary/aromatic N) is 1. The second kappa shape index (κ2) is 13.1. The Balaban J connectivity index is 2.02. The maximum Gasteiger partial charge on any atom is 0.326 e. The number of rotatable bonds is 11. The Morgan fingerprint density at radius 3 is 2.00 bits per heavy atom. The smallest absolute Gasteiger partial charge is 0.326 e. The van der Waals surface area contributed by atoms with E-state index < -0.39 is 18.0 Å². The Morgan fingerprint density at radius 2 is 1.50 bits per heavy atom. The lowest BCUT2D eigenvalue weighted by atomic mass is 9.97. The van der Waals surface area contributed by atoms with E-state index >= 15 is 0 Å². The molecule has 0 saturated carbocycles. The van der Waals surface area contributed by atoms with Crippen LogP contribution in [0.5, 0.6) is 17.2 Å². The molecule has 1 fully saturated rings. The van der Waals surface area contributed by atoms with Gasteiger partial charge in [-0.2, -0.15) is 0 Å². The van der Waals surface area contributed by atoms with Gasteiger partial charge in [-0.15, -0.1) is 0 Å². The van der Waals surface area contributed by atoms with E-state index in [4.69, 9.17) is 18.9 Å². The third kappa shape index (κ3) is 7.01. The van der Waals surface area contributed by atoms with Crippen LogP contribution >= 0.6 is 0 Å². The predicted molar refractivity (Wildman–Crippen MR) is 127 cm³/mol. The van der Waals surface area contributed by atoms with E-state index in [0.29, 0.717) is 37.1 Å². The summed E-state index contributed by atoms with van der Waals surface area (Å²) in [6.07, 6.45) is 2.02. The maximum atomic E-state index is 12.8. The average Bonchev–Trinajstić information content (AvgIpc) is 2.79. The highest BCUT2D eigenvalue weighted by Crippen LogP contribution is 2.39. The fourth-order valence-corrected chi connectivity index (χ4v) is 4.13. The molecule has 0 radical (unpaired) electrons. The number of benzene rings is 1. The summed E-state index contributed by atoms with van der Waals surface area (Å²) in [5.74, 6) is -0.213. The highest BCUT2D eigenvalue weighted by Gasteiger charge is 2.33. The van der Waals surface area contributed by atoms with Gasteiger partial charge < -0.3 is 29.2 Å². The van der Waals surface area contributed by atoms with E-state index in [1.807, 2.05) is 34.6 Å². The van der Waals surface area contributed by atoms with Crippen molar-refractivity contribution in [2.24, 2.45) is 0 Å². The molecular weight excluding hydrogens is 440 g/mol. The molecule has 0 bridgehead atoms. The lowest BCUT2D eigenvalue weighted by Crippen LogP contribution is -2.51. The van der Waals surface area contributed by atoms with E-state index in [0.717, 1.165) is 19.3 Å². The number of esters is 1. The lowest BCUT2D eigenvalue weighted by Gasteiger charge is -2.40. The van der Waals surface area contributed by atoms with Crippen LogP contribution < -0.4 is 19.5 Å². The number of amides is 2. The van der Waals surface area contributed by atoms with Gasteiger partial charge in [-0.25, -0.2) is 0 Å². The number of nitrogens with one attached hydrogen (secondary N) is 1. The normalized spacial score (nSPS) is 18.6. The van der Waals surface area contributed by atoms with Crippen molar-refractivity contribution in [3.05, 3.63) is 17.7 Å². The SMILES string of the molecule is CCOc1cc(C(=O)NCC(=O)O[C@H](C)C(=O)N2[C@@H](C)CCC[C@@H]2C)cc(OCC)c1OCC. The molecule has 1 heterocycles. The standard InChI is InChI=1S/C25H38N2O7/c1-7-31-20-13-19(14-21(32-8-2)23(20)33-9-3)24(29)26-15-22(28)34-18(6)25(30)27-16(4)11-10-12-17(27)5/h13-14,16-18H,7-12,15H2,1-6H3,(H,26,29)/t16-,17-,18+/m0/s1. The van der Waals surface area contributed by atoms with Gasteiger partial charge in [0.05, 0.1) is 19.8 Å². The third-order valence-corrected chi connectivity index (χ3v) is 5.67. The highest BCUT2D eigenvalue weighted by molar-refractivity contribution is 5.97. The van der Waals surface area contributed by atoms with Gasteiger partial charge in [0, 0.05) is 17.6 Å². The lowest BCUT2D eigenvalue weighted by molar-refractivity contribution is -0.161. The summed E-state index contributed by atoms with van der Waals surface area (Å²) in [7, 11) is 0. The fourth-order valence-electron chi connectivity index (χ4n) is 4.13. The molecule has 3 atom stereocenters. The topological polar surface area (TPSA) is 103 Å². The van der Waals surface area contributed by atoms with Crippen molar-refractivity contribution in [2.75, 3.05) is 26.4 Å². The molecule has 34 heavy (non-hydrogen) atoms. The zero-order chi connectivity index (χ0) is 25.3. The van der Waals surface area contributed by atoms with Crippen LogP contribution in [0, 0.1) is 0 Å². The van der Waals surface area contributed by atoms with Gasteiger partial charge in [0.2, 0.25) is 5.75 Å². The first kappa shape index (κ1) is 27.3. The Bertz CT molecular complexity index is 821. The maximum absolute atomic E-state index is 12.8. The zero-order valence-electron chi connectivity index (χ0n) is 21.1. The minimum absolute atomic E-state index is 0.107. The van der Waals surface area contributed by atoms with Gasteiger partial charge in [0.15, 0.2) is 17.6 Å². The van der Waals surface area contributed by atoms with Crippen LogP contribution in [0.25, 0.3) is 0 Å². The number of hydrogen-bond donors (Lipinski definition) is 1. The van der Waals surface area contributed by atoms with Crippen LogP contribution in [0.2, 0.25) is 0 Å². The molecule has 0 aromatic heterocycles. The number of piperidine rings is 1. The summed E-state index contributed by atoms with van der Waals surface area (Å²) in [5.41, 5.74) is 0.253. The molecule has 1 aliphatic heterocycles. The van der Waals surface area contributed by atoms with Crippen LogP contribution in [-0.4, -0.2) is 67.2 Å². The van der Waals surface area contributed by atoms with Crippen molar-refractivity contribution in [3.8, 4) is 17.2 Å². The first-order chi connectivity index (χ1) is 16.2. The summed E-state index contributed by atoms with van der Waals surface area (Å²) >= 11 is 0. The van der Waals surface area contributed by atoms with Crippen LogP contribution in [0.15, 0.2) is 12.1 Å². The molecule has 1 aromatic rings. The van der Waals surface area contributed by atoms with Gasteiger partial charge >= 0.3 is 5.97 Å². The van der Waals surface area contributed by atoms with Crippen LogP contribution in [0.3, 0.4) is 0 Å². The van der Waals surface area contributed by atoms with Crippen molar-refractivity contribution in [3.63, 3.8) is 0 Å². The molecule has 1 saturated heterocycles. The molecule has 0 unspecified atom stereocenters. The summed E-state index contributed by atoms with van der Waals surface area (Å²) in [4.78, 5) is 39.7. The molecule has 190 valence electrons. The predicted octanol–water partition coefficient (Wildman–Crippen LogP) is 3.33. The van der Waals surface area contributed by atoms with Crippen LogP contribution in [0.1, 0.15) is 71.2 Å². The van der Waals surface area contributed by atoms with Crippen molar-refractivity contribution in [1.29, 1.82) is 0 Å². The van der Waals surface area contributed by atoms with Crippen molar-refractivity contribution in [1.82, 2.24) is 10.2 Å². The van der Waals surface area contributed by atoms with E-state index in [-0.39, 0.29) is 30.1 Å². The number of carbonyl (C=O) groups is 3. The van der Waals surface area contributed by atoms with E-state index in [1.54, 1.807) is 24.0 Å². The third-order valence-electron chi connectivity index (χ3n) is 5.67. The Morgan fingerprint density at radius 1 is 0.971 bits per heavy atom. The number of likely N-dealkylation sites (tertiary alicyclic amines) is 1. The first-order valence-electron chi connectivity index (χ1n) is 12.1. The second-order valence-corrected chi connectivity index (χ2v) is 8.29. The fraction of sp³-hybridized carbons (Fsp3) is 0.640. The molecule has 1 N–H and O–H groups in total. The van der Waals surface area contributed by atoms with Gasteiger partial charge in [0.1, 0.15) is 6.54 Å². The molecule has 0 spiro atoms. The monoisotopic (exact) mass is 478 g/mol. The molecule has 9 nitrogen and oxygen atoms in total.